The van der Waals surface area contributed by atoms with Gasteiger partial charge in [0, 0.05) is 13.0 Å². The molecule has 1 atom stereocenters. The Bertz CT molecular complexity index is 607. The number of carbonyl (C=O) groups is 3. The molecule has 1 aromatic carbocycles. The molecule has 0 radical (unpaired) electrons. The molecule has 162 valence electrons. The number of unbranched alkanes of at least 4 members (excludes halogenated alkanes) is 5. The molecule has 0 aromatic heterocycles. The topological polar surface area (TPSA) is 111 Å². The minimum atomic E-state index is -0.583. The molecule has 0 fully saturated rings. The van der Waals surface area contributed by atoms with Crippen LogP contribution in [0.15, 0.2) is 30.3 Å². The van der Waals surface area contributed by atoms with Crippen LogP contribution >= 0.6 is 0 Å². The van der Waals surface area contributed by atoms with E-state index in [1.54, 1.807) is 0 Å². The highest BCUT2D eigenvalue weighted by molar-refractivity contribution is 5.86. The summed E-state index contributed by atoms with van der Waals surface area (Å²) in [6, 6.07) is 8.90. The molecule has 7 nitrogen and oxygen atoms in total. The first kappa shape index (κ1) is 24.5. The molecule has 0 heterocycles. The molecule has 1 rings (SSSR count). The second-order valence-electron chi connectivity index (χ2n) is 7.17. The van der Waals surface area contributed by atoms with Gasteiger partial charge in [0.2, 0.25) is 11.8 Å². The van der Waals surface area contributed by atoms with E-state index in [1.807, 2.05) is 30.3 Å². The molecule has 0 saturated carbocycles. The SMILES string of the molecule is CCCCCC[C@H](NC(=O)CCCCCNC(=O)OCc1ccccc1)C(N)=O. The van der Waals surface area contributed by atoms with Crippen LogP contribution in [0.2, 0.25) is 0 Å². The largest absolute Gasteiger partial charge is 0.445 e. The molecule has 0 aliphatic carbocycles. The Morgan fingerprint density at radius 2 is 1.72 bits per heavy atom. The molecule has 7 heteroatoms. The highest BCUT2D eigenvalue weighted by Gasteiger charge is 2.17. The maximum atomic E-state index is 12.0. The molecular formula is C22H35N3O4. The third-order valence-electron chi connectivity index (χ3n) is 4.59. The van der Waals surface area contributed by atoms with Crippen molar-refractivity contribution in [2.24, 2.45) is 5.73 Å². The van der Waals surface area contributed by atoms with E-state index >= 15 is 0 Å². The van der Waals surface area contributed by atoms with E-state index in [4.69, 9.17) is 10.5 Å². The maximum absolute atomic E-state index is 12.0. The zero-order chi connectivity index (χ0) is 21.3. The second kappa shape index (κ2) is 15.4. The Morgan fingerprint density at radius 3 is 2.41 bits per heavy atom. The fraction of sp³-hybridized carbons (Fsp3) is 0.591. The number of ether oxygens (including phenoxy) is 1. The van der Waals surface area contributed by atoms with Gasteiger partial charge in [-0.1, -0.05) is 69.4 Å². The molecule has 0 aliphatic rings. The Hall–Kier alpha value is -2.57. The highest BCUT2D eigenvalue weighted by atomic mass is 16.5. The van der Waals surface area contributed by atoms with Crippen LogP contribution in [-0.4, -0.2) is 30.5 Å². The van der Waals surface area contributed by atoms with Crippen molar-refractivity contribution in [1.29, 1.82) is 0 Å². The zero-order valence-corrected chi connectivity index (χ0v) is 17.5. The molecule has 0 saturated heterocycles. The molecule has 0 bridgehead atoms. The quantitative estimate of drug-likeness (QED) is 0.388. The van der Waals surface area contributed by atoms with Gasteiger partial charge < -0.3 is 21.1 Å². The van der Waals surface area contributed by atoms with Crippen molar-refractivity contribution >= 4 is 17.9 Å². The van der Waals surface area contributed by atoms with Crippen molar-refractivity contribution in [3.63, 3.8) is 0 Å². The van der Waals surface area contributed by atoms with Crippen molar-refractivity contribution < 1.29 is 19.1 Å². The summed E-state index contributed by atoms with van der Waals surface area (Å²) in [4.78, 5) is 35.1. The van der Waals surface area contributed by atoms with E-state index in [9.17, 15) is 14.4 Å². The van der Waals surface area contributed by atoms with Gasteiger partial charge in [-0.15, -0.1) is 0 Å². The van der Waals surface area contributed by atoms with Crippen molar-refractivity contribution in [3.8, 4) is 0 Å². The summed E-state index contributed by atoms with van der Waals surface area (Å²) in [6.45, 7) is 2.86. The average molecular weight is 406 g/mol. The van der Waals surface area contributed by atoms with Crippen LogP contribution in [0.4, 0.5) is 4.79 Å². The van der Waals surface area contributed by atoms with Crippen LogP contribution in [0.1, 0.15) is 70.3 Å². The van der Waals surface area contributed by atoms with Gasteiger partial charge in [0.15, 0.2) is 0 Å². The predicted molar refractivity (Wildman–Crippen MR) is 113 cm³/mol. The number of hydrogen-bond donors (Lipinski definition) is 3. The number of carbonyl (C=O) groups excluding carboxylic acids is 3. The van der Waals surface area contributed by atoms with Gasteiger partial charge >= 0.3 is 6.09 Å². The van der Waals surface area contributed by atoms with E-state index in [-0.39, 0.29) is 12.5 Å². The standard InChI is InChI=1S/C22H35N3O4/c1-2-3-4-9-14-19(21(23)27)25-20(26)15-10-6-11-16-24-22(28)29-17-18-12-7-5-8-13-18/h5,7-8,12-13,19H,2-4,6,9-11,14-17H2,1H3,(H2,23,27)(H,24,28)(H,25,26)/t19-/m0/s1. The van der Waals surface area contributed by atoms with Crippen LogP contribution in [-0.2, 0) is 20.9 Å². The van der Waals surface area contributed by atoms with E-state index < -0.39 is 18.0 Å². The Kier molecular flexibility index (Phi) is 13.0. The normalized spacial score (nSPS) is 11.5. The number of primary amides is 1. The smallest absolute Gasteiger partial charge is 0.407 e. The van der Waals surface area contributed by atoms with E-state index in [1.165, 1.54) is 0 Å². The monoisotopic (exact) mass is 405 g/mol. The van der Waals surface area contributed by atoms with Crippen LogP contribution in [0.25, 0.3) is 0 Å². The molecule has 4 N–H and O–H groups in total. The first-order chi connectivity index (χ1) is 14.0. The molecule has 1 aromatic rings. The summed E-state index contributed by atoms with van der Waals surface area (Å²) in [5, 5.41) is 5.43. The number of alkyl carbamates (subject to hydrolysis) is 1. The zero-order valence-electron chi connectivity index (χ0n) is 17.5. The molecule has 3 amide bonds. The fourth-order valence-electron chi connectivity index (χ4n) is 2.88. The summed E-state index contributed by atoms with van der Waals surface area (Å²) in [5.41, 5.74) is 6.32. The fourth-order valence-corrected chi connectivity index (χ4v) is 2.88. The van der Waals surface area contributed by atoms with Gasteiger partial charge in [0.1, 0.15) is 12.6 Å². The first-order valence-electron chi connectivity index (χ1n) is 10.6. The predicted octanol–water partition coefficient (Wildman–Crippen LogP) is 3.41. The molecule has 0 spiro atoms. The van der Waals surface area contributed by atoms with Crippen molar-refractivity contribution in [2.75, 3.05) is 6.54 Å². The van der Waals surface area contributed by atoms with Gasteiger partial charge in [-0.25, -0.2) is 4.79 Å². The third kappa shape index (κ3) is 12.5. The van der Waals surface area contributed by atoms with Crippen molar-refractivity contribution in [2.45, 2.75) is 77.4 Å². The van der Waals surface area contributed by atoms with Crippen molar-refractivity contribution in [3.05, 3.63) is 35.9 Å². The summed E-state index contributed by atoms with van der Waals surface area (Å²) < 4.78 is 5.13. The Labute approximate surface area is 173 Å². The number of nitrogens with one attached hydrogen (secondary N) is 2. The lowest BCUT2D eigenvalue weighted by Gasteiger charge is -2.15. The minimum absolute atomic E-state index is 0.153. The number of nitrogens with two attached hydrogens (primary N) is 1. The number of hydrogen-bond acceptors (Lipinski definition) is 4. The molecule has 0 unspecified atom stereocenters. The second-order valence-corrected chi connectivity index (χ2v) is 7.17. The molecule has 0 aliphatic heterocycles. The van der Waals surface area contributed by atoms with E-state index in [0.717, 1.165) is 44.1 Å². The first-order valence-corrected chi connectivity index (χ1v) is 10.6. The maximum Gasteiger partial charge on any atom is 0.407 e. The van der Waals surface area contributed by atoms with E-state index in [2.05, 4.69) is 17.6 Å². The third-order valence-corrected chi connectivity index (χ3v) is 4.59. The Morgan fingerprint density at radius 1 is 1.00 bits per heavy atom. The molecule has 29 heavy (non-hydrogen) atoms. The van der Waals surface area contributed by atoms with Gasteiger partial charge in [0.25, 0.3) is 0 Å². The van der Waals surface area contributed by atoms with Crippen LogP contribution in [0.5, 0.6) is 0 Å². The van der Waals surface area contributed by atoms with Crippen LogP contribution in [0, 0.1) is 0 Å². The lowest BCUT2D eigenvalue weighted by Crippen LogP contribution is -2.44. The summed E-state index contributed by atoms with van der Waals surface area (Å²) in [5.74, 6) is -0.632. The number of amides is 3. The van der Waals surface area contributed by atoms with Gasteiger partial charge in [-0.3, -0.25) is 9.59 Å². The lowest BCUT2D eigenvalue weighted by atomic mass is 10.1. The summed E-state index contributed by atoms with van der Waals surface area (Å²) in [6.07, 6.45) is 6.89. The number of benzene rings is 1. The number of rotatable bonds is 15. The van der Waals surface area contributed by atoms with Gasteiger partial charge in [0.05, 0.1) is 0 Å². The summed E-state index contributed by atoms with van der Waals surface area (Å²) in [7, 11) is 0. The van der Waals surface area contributed by atoms with Crippen molar-refractivity contribution in [1.82, 2.24) is 10.6 Å². The highest BCUT2D eigenvalue weighted by Crippen LogP contribution is 2.07. The van der Waals surface area contributed by atoms with E-state index in [0.29, 0.717) is 25.8 Å². The van der Waals surface area contributed by atoms with Gasteiger partial charge in [-0.2, -0.15) is 0 Å². The van der Waals surface area contributed by atoms with Gasteiger partial charge in [-0.05, 0) is 24.8 Å². The van der Waals surface area contributed by atoms with Crippen LogP contribution in [0.3, 0.4) is 0 Å². The van der Waals surface area contributed by atoms with Crippen LogP contribution < -0.4 is 16.4 Å². The lowest BCUT2D eigenvalue weighted by molar-refractivity contribution is -0.127. The Balaban J connectivity index is 2.07. The molecular weight excluding hydrogens is 370 g/mol. The average Bonchev–Trinajstić information content (AvgIpc) is 2.71. The minimum Gasteiger partial charge on any atom is -0.445 e. The summed E-state index contributed by atoms with van der Waals surface area (Å²) >= 11 is 0.